The molecule has 0 aliphatic heterocycles. The van der Waals surface area contributed by atoms with Crippen molar-refractivity contribution in [1.82, 2.24) is 19.3 Å². The van der Waals surface area contributed by atoms with Gasteiger partial charge in [-0.3, -0.25) is 9.48 Å². The average molecular weight is 461 g/mol. The minimum atomic E-state index is -2.46. The highest BCUT2D eigenvalue weighted by molar-refractivity contribution is 6.31. The molecule has 7 nitrogen and oxygen atoms in total. The lowest BCUT2D eigenvalue weighted by molar-refractivity contribution is 0.0263. The van der Waals surface area contributed by atoms with Crippen molar-refractivity contribution < 1.29 is 18.4 Å². The third-order valence-corrected chi connectivity index (χ3v) is 7.19. The number of fused-ring (bicyclic) bond motifs is 1. The van der Waals surface area contributed by atoms with Gasteiger partial charge in [0.2, 0.25) is 0 Å². The van der Waals surface area contributed by atoms with Crippen molar-refractivity contribution in [3.8, 4) is 0 Å². The second kappa shape index (κ2) is 7.71. The molecule has 0 radical (unpaired) electrons. The molecule has 168 valence electrons. The zero-order chi connectivity index (χ0) is 25.1. The zero-order valence-corrected chi connectivity index (χ0v) is 18.2. The fourth-order valence-electron chi connectivity index (χ4n) is 5.54. The van der Waals surface area contributed by atoms with Gasteiger partial charge in [0.1, 0.15) is 17.1 Å². The van der Waals surface area contributed by atoms with Gasteiger partial charge in [-0.05, 0) is 61.8 Å². The molecule has 1 amide bonds. The molecular formula is C23H25ClFN5O2. The summed E-state index contributed by atoms with van der Waals surface area (Å²) in [7, 11) is 1.74. The predicted octanol–water partition coefficient (Wildman–Crippen LogP) is 3.99. The molecule has 32 heavy (non-hydrogen) atoms. The molecule has 2 heterocycles. The molecular weight excluding hydrogens is 433 g/mol. The minimum Gasteiger partial charge on any atom is -0.384 e. The number of hydrogen-bond donors (Lipinski definition) is 2. The number of aromatic nitrogens is 4. The van der Waals surface area contributed by atoms with Crippen molar-refractivity contribution in [2.24, 2.45) is 25.9 Å². The van der Waals surface area contributed by atoms with Crippen molar-refractivity contribution in [3.63, 3.8) is 0 Å². The van der Waals surface area contributed by atoms with Crippen LogP contribution in [0.1, 0.15) is 57.6 Å². The number of hydrogen-bond acceptors (Lipinski definition) is 4. The molecule has 2 aliphatic carbocycles. The van der Waals surface area contributed by atoms with Crippen LogP contribution in [0.15, 0.2) is 36.8 Å². The Balaban J connectivity index is 1.33. The first-order valence-corrected chi connectivity index (χ1v) is 10.9. The lowest BCUT2D eigenvalue weighted by atomic mass is 9.90. The Morgan fingerprint density at radius 1 is 1.34 bits per heavy atom. The summed E-state index contributed by atoms with van der Waals surface area (Å²) in [5.41, 5.74) is 0.555. The fraction of sp³-hybridized carbons (Fsp3) is 0.435. The standard InChI is InChI=1S/C23H25ClFN5O2/c1-29-12-26-20(21(29)22(31)28-16-3-4-18(25)17(24)9-16)13-7-14-10-23(32,11-15(14)8-13)19-5-6-27-30(19)2/h3-6,9,12-15,32H,7-8,10-11H2,1-2H3,(H,28,31)/i2D3. The topological polar surface area (TPSA) is 85.0 Å². The Morgan fingerprint density at radius 2 is 2.09 bits per heavy atom. The van der Waals surface area contributed by atoms with E-state index in [1.807, 2.05) is 0 Å². The molecule has 0 bridgehead atoms. The maximum Gasteiger partial charge on any atom is 0.274 e. The first-order valence-electron chi connectivity index (χ1n) is 12.0. The van der Waals surface area contributed by atoms with Crippen LogP contribution in [0.3, 0.4) is 0 Å². The highest BCUT2D eigenvalue weighted by atomic mass is 35.5. The van der Waals surface area contributed by atoms with Gasteiger partial charge in [-0.2, -0.15) is 5.10 Å². The SMILES string of the molecule is [2H]C([2H])([2H])n1nccc1C1(O)CC2CC(c3ncn(C)c3C(=O)Nc3ccc(F)c(Cl)c3)CC2C1. The number of benzene rings is 1. The summed E-state index contributed by atoms with van der Waals surface area (Å²) in [6, 6.07) is 5.57. The molecule has 2 aromatic heterocycles. The molecule has 0 spiro atoms. The maximum absolute atomic E-state index is 13.5. The quantitative estimate of drug-likeness (QED) is 0.616. The van der Waals surface area contributed by atoms with Crippen LogP contribution in [-0.4, -0.2) is 30.3 Å². The van der Waals surface area contributed by atoms with E-state index in [2.05, 4.69) is 15.4 Å². The van der Waals surface area contributed by atoms with Gasteiger partial charge in [0.15, 0.2) is 0 Å². The number of imidazole rings is 1. The van der Waals surface area contributed by atoms with Gasteiger partial charge in [0.05, 0.1) is 22.7 Å². The van der Waals surface area contributed by atoms with Gasteiger partial charge in [-0.1, -0.05) is 11.6 Å². The lowest BCUT2D eigenvalue weighted by Crippen LogP contribution is -2.26. The highest BCUT2D eigenvalue weighted by Crippen LogP contribution is 2.56. The third-order valence-electron chi connectivity index (χ3n) is 6.91. The van der Waals surface area contributed by atoms with Crippen molar-refractivity contribution in [2.75, 3.05) is 5.32 Å². The summed E-state index contributed by atoms with van der Waals surface area (Å²) in [5.74, 6) is -0.568. The van der Waals surface area contributed by atoms with E-state index in [1.165, 1.54) is 24.4 Å². The van der Waals surface area contributed by atoms with E-state index in [0.717, 1.165) is 17.5 Å². The Labute approximate surface area is 194 Å². The summed E-state index contributed by atoms with van der Waals surface area (Å²) < 4.78 is 39.2. The maximum atomic E-state index is 13.5. The molecule has 5 rings (SSSR count). The van der Waals surface area contributed by atoms with Gasteiger partial charge < -0.3 is 15.0 Å². The van der Waals surface area contributed by atoms with E-state index in [4.69, 9.17) is 15.7 Å². The Bertz CT molecular complexity index is 1280. The van der Waals surface area contributed by atoms with Crippen LogP contribution in [0.5, 0.6) is 0 Å². The number of halogens is 2. The second-order valence-electron chi connectivity index (χ2n) is 8.93. The van der Waals surface area contributed by atoms with Crippen LogP contribution < -0.4 is 5.32 Å². The number of carbonyl (C=O) groups excluding carboxylic acids is 1. The van der Waals surface area contributed by atoms with Crippen LogP contribution in [-0.2, 0) is 19.6 Å². The van der Waals surface area contributed by atoms with Crippen molar-refractivity contribution in [2.45, 2.75) is 37.2 Å². The van der Waals surface area contributed by atoms with Crippen LogP contribution in [0.4, 0.5) is 10.1 Å². The van der Waals surface area contributed by atoms with Crippen LogP contribution in [0.25, 0.3) is 0 Å². The second-order valence-corrected chi connectivity index (χ2v) is 9.34. The molecule has 1 aromatic carbocycles. The van der Waals surface area contributed by atoms with E-state index in [-0.39, 0.29) is 28.7 Å². The predicted molar refractivity (Wildman–Crippen MR) is 118 cm³/mol. The molecule has 2 fully saturated rings. The molecule has 2 unspecified atom stereocenters. The Kier molecular flexibility index (Phi) is 4.29. The van der Waals surface area contributed by atoms with Gasteiger partial charge in [0, 0.05) is 35.9 Å². The Hall–Kier alpha value is -2.71. The lowest BCUT2D eigenvalue weighted by Gasteiger charge is -2.25. The number of nitrogens with one attached hydrogen (secondary N) is 1. The smallest absolute Gasteiger partial charge is 0.274 e. The number of carbonyl (C=O) groups is 1. The van der Waals surface area contributed by atoms with E-state index in [9.17, 15) is 14.3 Å². The number of rotatable bonds is 4. The molecule has 2 saturated carbocycles. The van der Waals surface area contributed by atoms with Gasteiger partial charge in [-0.15, -0.1) is 0 Å². The summed E-state index contributed by atoms with van der Waals surface area (Å²) in [6.45, 7) is -2.46. The summed E-state index contributed by atoms with van der Waals surface area (Å²) in [5, 5.41) is 18.0. The highest BCUT2D eigenvalue weighted by Gasteiger charge is 2.51. The zero-order valence-electron chi connectivity index (χ0n) is 20.4. The number of anilines is 1. The van der Waals surface area contributed by atoms with E-state index >= 15 is 0 Å². The van der Waals surface area contributed by atoms with Gasteiger partial charge in [0.25, 0.3) is 5.91 Å². The summed E-state index contributed by atoms with van der Waals surface area (Å²) in [4.78, 5) is 17.6. The number of nitrogens with zero attached hydrogens (tertiary/aromatic N) is 4. The Morgan fingerprint density at radius 3 is 2.78 bits per heavy atom. The molecule has 2 atom stereocenters. The minimum absolute atomic E-state index is 0.0285. The van der Waals surface area contributed by atoms with Crippen molar-refractivity contribution >= 4 is 23.2 Å². The first kappa shape index (κ1) is 17.8. The van der Waals surface area contributed by atoms with Crippen LogP contribution >= 0.6 is 11.6 Å². The molecule has 0 saturated heterocycles. The van der Waals surface area contributed by atoms with Crippen molar-refractivity contribution in [3.05, 3.63) is 64.7 Å². The van der Waals surface area contributed by atoms with E-state index < -0.39 is 18.4 Å². The molecule has 2 aliphatic rings. The monoisotopic (exact) mass is 460 g/mol. The van der Waals surface area contributed by atoms with Gasteiger partial charge >= 0.3 is 0 Å². The number of aliphatic hydroxyl groups is 1. The van der Waals surface area contributed by atoms with Crippen molar-refractivity contribution in [1.29, 1.82) is 0 Å². The summed E-state index contributed by atoms with van der Waals surface area (Å²) >= 11 is 5.84. The summed E-state index contributed by atoms with van der Waals surface area (Å²) in [6.07, 6.45) is 5.32. The van der Waals surface area contributed by atoms with Crippen LogP contribution in [0.2, 0.25) is 5.02 Å². The molecule has 2 N–H and O–H groups in total. The van der Waals surface area contributed by atoms with E-state index in [0.29, 0.717) is 35.6 Å². The van der Waals surface area contributed by atoms with E-state index in [1.54, 1.807) is 24.0 Å². The molecule has 3 aromatic rings. The van der Waals surface area contributed by atoms with Crippen LogP contribution in [0, 0.1) is 17.7 Å². The molecule has 9 heteroatoms. The normalized spacial score (nSPS) is 28.8. The number of aryl methyl sites for hydroxylation is 2. The average Bonchev–Trinajstić information content (AvgIpc) is 3.52. The largest absolute Gasteiger partial charge is 0.384 e. The fourth-order valence-corrected chi connectivity index (χ4v) is 5.72. The van der Waals surface area contributed by atoms with Gasteiger partial charge in [-0.25, -0.2) is 9.37 Å². The third kappa shape index (κ3) is 3.51. The first-order chi connectivity index (χ1) is 16.5. The number of amides is 1.